The molecule has 1 aromatic carbocycles. The zero-order chi connectivity index (χ0) is 16.6. The van der Waals surface area contributed by atoms with Crippen molar-refractivity contribution in [2.24, 2.45) is 10.7 Å². The van der Waals surface area contributed by atoms with Gasteiger partial charge in [-0.2, -0.15) is 13.2 Å². The van der Waals surface area contributed by atoms with Gasteiger partial charge >= 0.3 is 6.18 Å². The number of rotatable bonds is 7. The minimum Gasteiger partial charge on any atom is -0.370 e. The third-order valence-electron chi connectivity index (χ3n) is 2.96. The fourth-order valence-corrected chi connectivity index (χ4v) is 1.68. The Morgan fingerprint density at radius 1 is 1.35 bits per heavy atom. The van der Waals surface area contributed by atoms with Crippen molar-refractivity contribution in [3.63, 3.8) is 0 Å². The highest BCUT2D eigenvalue weighted by molar-refractivity contribution is 14.0. The second-order valence-electron chi connectivity index (χ2n) is 5.08. The molecule has 0 spiro atoms. The maximum absolute atomic E-state index is 12.0. The van der Waals surface area contributed by atoms with E-state index in [-0.39, 0.29) is 36.6 Å². The van der Waals surface area contributed by atoms with Crippen molar-refractivity contribution < 1.29 is 17.9 Å². The number of alkyl halides is 3. The third-order valence-corrected chi connectivity index (χ3v) is 2.96. The van der Waals surface area contributed by atoms with Gasteiger partial charge in [-0.25, -0.2) is 4.99 Å². The van der Waals surface area contributed by atoms with E-state index in [1.165, 1.54) is 0 Å². The number of guanidine groups is 1. The molecule has 1 unspecified atom stereocenters. The Hall–Kier alpha value is -1.03. The largest absolute Gasteiger partial charge is 0.411 e. The Morgan fingerprint density at radius 3 is 2.61 bits per heavy atom. The number of hydrogen-bond donors (Lipinski definition) is 2. The van der Waals surface area contributed by atoms with Gasteiger partial charge in [-0.05, 0) is 24.5 Å². The molecule has 0 bridgehead atoms. The molecule has 0 fully saturated rings. The normalized spacial score (nSPS) is 13.3. The van der Waals surface area contributed by atoms with Crippen LogP contribution in [0, 0.1) is 0 Å². The Labute approximate surface area is 151 Å². The fraction of sp³-hybridized carbons (Fsp3) is 0.533. The summed E-state index contributed by atoms with van der Waals surface area (Å²) < 4.78 is 40.7. The van der Waals surface area contributed by atoms with Gasteiger partial charge in [0, 0.05) is 6.04 Å². The minimum absolute atomic E-state index is 0. The molecule has 1 aromatic rings. The third kappa shape index (κ3) is 10.4. The maximum Gasteiger partial charge on any atom is 0.411 e. The molecular weight excluding hydrogens is 422 g/mol. The first-order valence-corrected chi connectivity index (χ1v) is 7.09. The Balaban J connectivity index is 0.00000484. The maximum atomic E-state index is 12.0. The number of aliphatic imine (C=N–C) groups is 1. The average Bonchev–Trinajstić information content (AvgIpc) is 2.44. The van der Waals surface area contributed by atoms with Crippen LogP contribution in [0.25, 0.3) is 0 Å². The van der Waals surface area contributed by atoms with E-state index in [1.807, 2.05) is 19.9 Å². The molecule has 23 heavy (non-hydrogen) atoms. The van der Waals surface area contributed by atoms with E-state index in [2.05, 4.69) is 15.0 Å². The van der Waals surface area contributed by atoms with Crippen molar-refractivity contribution in [2.45, 2.75) is 45.6 Å². The monoisotopic (exact) mass is 445 g/mol. The number of nitrogens with zero attached hydrogens (tertiary/aromatic N) is 1. The van der Waals surface area contributed by atoms with Crippen LogP contribution in [-0.2, 0) is 17.9 Å². The molecule has 1 rings (SSSR count). The number of ether oxygens (including phenoxy) is 1. The summed E-state index contributed by atoms with van der Waals surface area (Å²) >= 11 is 0. The molecule has 0 saturated heterocycles. The zero-order valence-corrected chi connectivity index (χ0v) is 15.5. The van der Waals surface area contributed by atoms with Gasteiger partial charge in [-0.1, -0.05) is 31.2 Å². The van der Waals surface area contributed by atoms with Crippen molar-refractivity contribution in [3.8, 4) is 0 Å². The molecule has 0 aliphatic heterocycles. The van der Waals surface area contributed by atoms with Crippen LogP contribution in [0.5, 0.6) is 0 Å². The first-order chi connectivity index (χ1) is 10.3. The summed E-state index contributed by atoms with van der Waals surface area (Å²) in [5.74, 6) is 0.355. The van der Waals surface area contributed by atoms with E-state index in [0.29, 0.717) is 18.1 Å². The predicted octanol–water partition coefficient (Wildman–Crippen LogP) is 3.59. The minimum atomic E-state index is -4.31. The smallest absolute Gasteiger partial charge is 0.370 e. The van der Waals surface area contributed by atoms with Crippen LogP contribution in [0.4, 0.5) is 13.2 Å². The van der Waals surface area contributed by atoms with Gasteiger partial charge in [-0.3, -0.25) is 0 Å². The van der Waals surface area contributed by atoms with Gasteiger partial charge in [0.15, 0.2) is 5.96 Å². The molecule has 0 radical (unpaired) electrons. The van der Waals surface area contributed by atoms with E-state index in [1.54, 1.807) is 18.2 Å². The lowest BCUT2D eigenvalue weighted by Crippen LogP contribution is -2.38. The lowest BCUT2D eigenvalue weighted by Gasteiger charge is -2.12. The van der Waals surface area contributed by atoms with Crippen LogP contribution in [-0.4, -0.2) is 24.8 Å². The molecule has 4 nitrogen and oxygen atoms in total. The number of nitrogens with two attached hydrogens (primary N) is 1. The summed E-state index contributed by atoms with van der Waals surface area (Å²) in [6, 6.07) is 7.31. The topological polar surface area (TPSA) is 59.6 Å². The Morgan fingerprint density at radius 2 is 2.00 bits per heavy atom. The number of benzene rings is 1. The molecule has 0 amide bonds. The summed E-state index contributed by atoms with van der Waals surface area (Å²) in [6.07, 6.45) is -3.37. The van der Waals surface area contributed by atoms with E-state index < -0.39 is 12.8 Å². The van der Waals surface area contributed by atoms with Crippen molar-refractivity contribution in [1.82, 2.24) is 5.32 Å². The van der Waals surface area contributed by atoms with Gasteiger partial charge in [0.05, 0.1) is 13.2 Å². The van der Waals surface area contributed by atoms with Crippen LogP contribution in [0.15, 0.2) is 29.3 Å². The molecule has 0 saturated carbocycles. The lowest BCUT2D eigenvalue weighted by molar-refractivity contribution is -0.176. The van der Waals surface area contributed by atoms with Gasteiger partial charge in [0.25, 0.3) is 0 Å². The molecule has 8 heteroatoms. The van der Waals surface area contributed by atoms with Crippen molar-refractivity contribution in [3.05, 3.63) is 35.4 Å². The summed E-state index contributed by atoms with van der Waals surface area (Å²) in [4.78, 5) is 4.21. The second kappa shape index (κ2) is 10.7. The number of halogens is 4. The van der Waals surface area contributed by atoms with Gasteiger partial charge < -0.3 is 15.8 Å². The van der Waals surface area contributed by atoms with Crippen LogP contribution in [0.1, 0.15) is 31.4 Å². The Bertz CT molecular complexity index is 495. The van der Waals surface area contributed by atoms with Crippen molar-refractivity contribution >= 4 is 29.9 Å². The molecule has 1 atom stereocenters. The zero-order valence-electron chi connectivity index (χ0n) is 13.2. The molecule has 0 aliphatic carbocycles. The Kier molecular flexibility index (Phi) is 10.2. The molecule has 0 aromatic heterocycles. The van der Waals surface area contributed by atoms with Gasteiger partial charge in [0.1, 0.15) is 6.61 Å². The number of hydrogen-bond acceptors (Lipinski definition) is 2. The van der Waals surface area contributed by atoms with Crippen LogP contribution in [0.2, 0.25) is 0 Å². The SMILES string of the molecule is CCC(C)NC(N)=NCc1cccc(COCC(F)(F)F)c1.I. The van der Waals surface area contributed by atoms with E-state index in [0.717, 1.165) is 12.0 Å². The molecule has 132 valence electrons. The highest BCUT2D eigenvalue weighted by atomic mass is 127. The van der Waals surface area contributed by atoms with Crippen LogP contribution >= 0.6 is 24.0 Å². The molecule has 3 N–H and O–H groups in total. The highest BCUT2D eigenvalue weighted by Gasteiger charge is 2.27. The lowest BCUT2D eigenvalue weighted by atomic mass is 10.1. The number of nitrogens with one attached hydrogen (secondary N) is 1. The fourth-order valence-electron chi connectivity index (χ4n) is 1.68. The standard InChI is InChI=1S/C15H22F3N3O.HI/c1-3-11(2)21-14(19)20-8-12-5-4-6-13(7-12)9-22-10-15(16,17)18;/h4-7,11H,3,8-10H2,1-2H3,(H3,19,20,21);1H. The average molecular weight is 445 g/mol. The van der Waals surface area contributed by atoms with E-state index in [4.69, 9.17) is 5.73 Å². The van der Waals surface area contributed by atoms with Crippen LogP contribution in [0.3, 0.4) is 0 Å². The van der Waals surface area contributed by atoms with Gasteiger partial charge in [0.2, 0.25) is 0 Å². The van der Waals surface area contributed by atoms with Crippen molar-refractivity contribution in [2.75, 3.05) is 6.61 Å². The molecule has 0 aliphatic rings. The second-order valence-corrected chi connectivity index (χ2v) is 5.08. The van der Waals surface area contributed by atoms with E-state index >= 15 is 0 Å². The highest BCUT2D eigenvalue weighted by Crippen LogP contribution is 2.16. The summed E-state index contributed by atoms with van der Waals surface area (Å²) in [5.41, 5.74) is 7.29. The van der Waals surface area contributed by atoms with Crippen molar-refractivity contribution in [1.29, 1.82) is 0 Å². The van der Waals surface area contributed by atoms with Gasteiger partial charge in [-0.15, -0.1) is 24.0 Å². The molecular formula is C15H23F3IN3O. The summed E-state index contributed by atoms with van der Waals surface area (Å²) in [6.45, 7) is 3.07. The summed E-state index contributed by atoms with van der Waals surface area (Å²) in [5, 5.41) is 3.04. The quantitative estimate of drug-likeness (QED) is 0.383. The first kappa shape index (κ1) is 22.0. The van der Waals surface area contributed by atoms with E-state index in [9.17, 15) is 13.2 Å². The first-order valence-electron chi connectivity index (χ1n) is 7.09. The molecule has 0 heterocycles. The predicted molar refractivity (Wildman–Crippen MR) is 95.8 cm³/mol. The summed E-state index contributed by atoms with van der Waals surface area (Å²) in [7, 11) is 0. The van der Waals surface area contributed by atoms with Crippen LogP contribution < -0.4 is 11.1 Å².